The number of allylic oxidation sites excluding steroid dienone is 5. The van der Waals surface area contributed by atoms with Gasteiger partial charge in [0.1, 0.15) is 0 Å². The normalized spacial score (nSPS) is 15.5. The number of rotatable bonds is 2. The lowest BCUT2D eigenvalue weighted by atomic mass is 10.0. The Morgan fingerprint density at radius 3 is 2.65 bits per heavy atom. The van der Waals surface area contributed by atoms with Crippen LogP contribution < -0.4 is 5.32 Å². The van der Waals surface area contributed by atoms with Crippen LogP contribution in [0.1, 0.15) is 22.3 Å². The van der Waals surface area contributed by atoms with E-state index >= 15 is 0 Å². The van der Waals surface area contributed by atoms with Crippen molar-refractivity contribution in [3.63, 3.8) is 0 Å². The molecule has 4 rings (SSSR count). The van der Waals surface area contributed by atoms with Crippen LogP contribution in [0.5, 0.6) is 0 Å². The zero-order valence-corrected chi connectivity index (χ0v) is 13.3. The summed E-state index contributed by atoms with van der Waals surface area (Å²) in [6.45, 7) is 0. The van der Waals surface area contributed by atoms with Gasteiger partial charge in [0.05, 0.1) is 0 Å². The maximum absolute atomic E-state index is 6.00. The van der Waals surface area contributed by atoms with E-state index in [9.17, 15) is 0 Å². The SMILES string of the molecule is Clc1ccc(C2=Cc3c(cccc3C3=CC=CC=CN3)C2)cc1. The predicted octanol–water partition coefficient (Wildman–Crippen LogP) is 5.45. The summed E-state index contributed by atoms with van der Waals surface area (Å²) in [4.78, 5) is 0. The highest BCUT2D eigenvalue weighted by Crippen LogP contribution is 2.35. The van der Waals surface area contributed by atoms with Gasteiger partial charge >= 0.3 is 0 Å². The molecule has 0 radical (unpaired) electrons. The van der Waals surface area contributed by atoms with Crippen LogP contribution >= 0.6 is 11.6 Å². The molecule has 0 atom stereocenters. The summed E-state index contributed by atoms with van der Waals surface area (Å²) in [6.07, 6.45) is 13.4. The molecule has 23 heavy (non-hydrogen) atoms. The van der Waals surface area contributed by atoms with Gasteiger partial charge in [-0.15, -0.1) is 0 Å². The van der Waals surface area contributed by atoms with Crippen LogP contribution in [0.15, 0.2) is 73.0 Å². The molecule has 2 aromatic rings. The van der Waals surface area contributed by atoms with Crippen molar-refractivity contribution in [1.29, 1.82) is 0 Å². The third kappa shape index (κ3) is 2.76. The molecular formula is C21H16ClN. The Kier molecular flexibility index (Phi) is 3.64. The molecule has 1 nitrogen and oxygen atoms in total. The van der Waals surface area contributed by atoms with Gasteiger partial charge in [0.2, 0.25) is 0 Å². The van der Waals surface area contributed by atoms with E-state index in [4.69, 9.17) is 11.6 Å². The molecule has 1 heterocycles. The Balaban J connectivity index is 1.76. The largest absolute Gasteiger partial charge is 0.361 e. The van der Waals surface area contributed by atoms with Crippen molar-refractivity contribution in [3.8, 4) is 0 Å². The Morgan fingerprint density at radius 2 is 1.78 bits per heavy atom. The molecule has 0 amide bonds. The molecule has 0 fully saturated rings. The Hall–Kier alpha value is -2.51. The van der Waals surface area contributed by atoms with Crippen molar-refractivity contribution in [2.45, 2.75) is 6.42 Å². The first kappa shape index (κ1) is 14.1. The smallest absolute Gasteiger partial charge is 0.0459 e. The van der Waals surface area contributed by atoms with Gasteiger partial charge in [0.15, 0.2) is 0 Å². The van der Waals surface area contributed by atoms with E-state index in [2.05, 4.69) is 53.9 Å². The third-order valence-electron chi connectivity index (χ3n) is 4.22. The minimum atomic E-state index is 0.775. The van der Waals surface area contributed by atoms with Gasteiger partial charge in [-0.3, -0.25) is 0 Å². The van der Waals surface area contributed by atoms with E-state index < -0.39 is 0 Å². The van der Waals surface area contributed by atoms with Crippen LogP contribution in [0.25, 0.3) is 17.3 Å². The summed E-state index contributed by atoms with van der Waals surface area (Å²) in [7, 11) is 0. The Morgan fingerprint density at radius 1 is 0.913 bits per heavy atom. The molecule has 0 bridgehead atoms. The number of hydrogen-bond donors (Lipinski definition) is 1. The van der Waals surface area contributed by atoms with E-state index in [1.165, 1.54) is 27.8 Å². The second kappa shape index (κ2) is 5.94. The van der Waals surface area contributed by atoms with Crippen LogP contribution in [0.4, 0.5) is 0 Å². The van der Waals surface area contributed by atoms with Crippen molar-refractivity contribution in [3.05, 3.63) is 100 Å². The monoisotopic (exact) mass is 317 g/mol. The number of hydrogen-bond acceptors (Lipinski definition) is 1. The highest BCUT2D eigenvalue weighted by molar-refractivity contribution is 6.30. The summed E-state index contributed by atoms with van der Waals surface area (Å²) in [5.74, 6) is 0. The molecule has 2 aromatic carbocycles. The fourth-order valence-electron chi connectivity index (χ4n) is 3.08. The summed E-state index contributed by atoms with van der Waals surface area (Å²) >= 11 is 6.00. The molecule has 0 aromatic heterocycles. The fourth-order valence-corrected chi connectivity index (χ4v) is 3.20. The quantitative estimate of drug-likeness (QED) is 0.776. The average Bonchev–Trinajstić information content (AvgIpc) is 2.83. The van der Waals surface area contributed by atoms with Gasteiger partial charge < -0.3 is 5.32 Å². The van der Waals surface area contributed by atoms with E-state index in [1.54, 1.807) is 0 Å². The molecule has 1 aliphatic heterocycles. The first-order valence-electron chi connectivity index (χ1n) is 7.70. The van der Waals surface area contributed by atoms with E-state index in [1.807, 2.05) is 30.5 Å². The zero-order valence-electron chi connectivity index (χ0n) is 12.6. The molecule has 0 unspecified atom stereocenters. The van der Waals surface area contributed by atoms with Gasteiger partial charge in [-0.2, -0.15) is 0 Å². The van der Waals surface area contributed by atoms with Gasteiger partial charge in [-0.1, -0.05) is 54.1 Å². The van der Waals surface area contributed by atoms with Gasteiger partial charge in [0.25, 0.3) is 0 Å². The topological polar surface area (TPSA) is 12.0 Å². The number of nitrogens with one attached hydrogen (secondary N) is 1. The lowest BCUT2D eigenvalue weighted by molar-refractivity contribution is 1.21. The van der Waals surface area contributed by atoms with Gasteiger partial charge in [-0.05, 0) is 59.0 Å². The molecule has 0 saturated heterocycles. The van der Waals surface area contributed by atoms with Crippen LogP contribution in [0.2, 0.25) is 5.02 Å². The van der Waals surface area contributed by atoms with Crippen LogP contribution in [-0.2, 0) is 6.42 Å². The average molecular weight is 318 g/mol. The third-order valence-corrected chi connectivity index (χ3v) is 4.47. The summed E-state index contributed by atoms with van der Waals surface area (Å²) in [5, 5.41) is 4.14. The van der Waals surface area contributed by atoms with Crippen molar-refractivity contribution >= 4 is 28.9 Å². The Labute approximate surface area is 141 Å². The number of benzene rings is 2. The van der Waals surface area contributed by atoms with Crippen LogP contribution in [0, 0.1) is 0 Å². The summed E-state index contributed by atoms with van der Waals surface area (Å²) in [6, 6.07) is 14.6. The zero-order chi connectivity index (χ0) is 15.6. The van der Waals surface area contributed by atoms with Crippen molar-refractivity contribution in [1.82, 2.24) is 5.32 Å². The highest BCUT2D eigenvalue weighted by atomic mass is 35.5. The van der Waals surface area contributed by atoms with Gasteiger partial charge in [-0.25, -0.2) is 0 Å². The maximum atomic E-state index is 6.00. The molecule has 0 spiro atoms. The molecule has 1 aliphatic carbocycles. The van der Waals surface area contributed by atoms with E-state index in [0.29, 0.717) is 0 Å². The molecule has 2 aliphatic rings. The molecule has 2 heteroatoms. The number of fused-ring (bicyclic) bond motifs is 1. The molecule has 1 N–H and O–H groups in total. The summed E-state index contributed by atoms with van der Waals surface area (Å²) < 4.78 is 0. The lowest BCUT2D eigenvalue weighted by Crippen LogP contribution is -2.04. The molecular weight excluding hydrogens is 302 g/mol. The van der Waals surface area contributed by atoms with Crippen LogP contribution in [0.3, 0.4) is 0 Å². The Bertz CT molecular complexity index is 867. The minimum absolute atomic E-state index is 0.775. The van der Waals surface area contributed by atoms with Gasteiger partial charge in [0, 0.05) is 22.5 Å². The standard InChI is InChI=1S/C21H16ClN/c22-18-10-8-15(9-11-18)17-13-16-5-4-6-19(20(16)14-17)21-7-2-1-3-12-23-21/h1-12,14,23H,13H2. The van der Waals surface area contributed by atoms with E-state index in [0.717, 1.165) is 17.1 Å². The minimum Gasteiger partial charge on any atom is -0.361 e. The van der Waals surface area contributed by atoms with Crippen molar-refractivity contribution in [2.75, 3.05) is 0 Å². The highest BCUT2D eigenvalue weighted by Gasteiger charge is 2.18. The predicted molar refractivity (Wildman–Crippen MR) is 98.9 cm³/mol. The first-order valence-corrected chi connectivity index (χ1v) is 8.08. The second-order valence-corrected chi connectivity index (χ2v) is 6.14. The molecule has 112 valence electrons. The molecule has 0 saturated carbocycles. The number of halogens is 1. The lowest BCUT2D eigenvalue weighted by Gasteiger charge is -2.11. The second-order valence-electron chi connectivity index (χ2n) is 5.70. The van der Waals surface area contributed by atoms with Crippen molar-refractivity contribution < 1.29 is 0 Å². The van der Waals surface area contributed by atoms with Crippen LogP contribution in [-0.4, -0.2) is 0 Å². The van der Waals surface area contributed by atoms with Crippen molar-refractivity contribution in [2.24, 2.45) is 0 Å². The van der Waals surface area contributed by atoms with E-state index in [-0.39, 0.29) is 0 Å². The first-order chi connectivity index (χ1) is 11.3. The fraction of sp³-hybridized carbons (Fsp3) is 0.0476. The summed E-state index contributed by atoms with van der Waals surface area (Å²) in [5.41, 5.74) is 7.61. The maximum Gasteiger partial charge on any atom is 0.0459 e.